The molecule has 0 aliphatic heterocycles. The minimum absolute atomic E-state index is 0.0198. The highest BCUT2D eigenvalue weighted by molar-refractivity contribution is 5.70. The molecular formula is C15H28O5. The summed E-state index contributed by atoms with van der Waals surface area (Å²) in [5.74, 6) is -0.456. The smallest absolute Gasteiger partial charge is 0.305 e. The molecule has 0 aromatic rings. The molecule has 0 heterocycles. The molecule has 5 nitrogen and oxygen atoms in total. The van der Waals surface area contributed by atoms with Crippen LogP contribution in [0.15, 0.2) is 0 Å². The van der Waals surface area contributed by atoms with Crippen LogP contribution < -0.4 is 0 Å². The first kappa shape index (κ1) is 18.9. The molecular weight excluding hydrogens is 260 g/mol. The lowest BCUT2D eigenvalue weighted by Crippen LogP contribution is -2.18. The van der Waals surface area contributed by atoms with Crippen molar-refractivity contribution < 1.29 is 24.2 Å². The molecule has 0 spiro atoms. The molecule has 0 fully saturated rings. The second-order valence-corrected chi connectivity index (χ2v) is 6.08. The van der Waals surface area contributed by atoms with Gasteiger partial charge in [-0.25, -0.2) is 0 Å². The zero-order chi connectivity index (χ0) is 15.4. The Labute approximate surface area is 121 Å². The third-order valence-electron chi connectivity index (χ3n) is 2.49. The van der Waals surface area contributed by atoms with Gasteiger partial charge in [0.15, 0.2) is 0 Å². The standard InChI is InChI=1S/C15H28O5/c1-15(2,3)12-20-14(18)9-5-4-8-13(17)19-11-7-6-10-16/h16H,4-12H2,1-3H3. The summed E-state index contributed by atoms with van der Waals surface area (Å²) in [7, 11) is 0. The summed E-state index contributed by atoms with van der Waals surface area (Å²) in [4.78, 5) is 22.7. The predicted molar refractivity (Wildman–Crippen MR) is 76.2 cm³/mol. The fraction of sp³-hybridized carbons (Fsp3) is 0.867. The van der Waals surface area contributed by atoms with Gasteiger partial charge >= 0.3 is 11.9 Å². The van der Waals surface area contributed by atoms with E-state index in [1.54, 1.807) is 0 Å². The Kier molecular flexibility index (Phi) is 10.1. The van der Waals surface area contributed by atoms with E-state index in [2.05, 4.69) is 0 Å². The summed E-state index contributed by atoms with van der Waals surface area (Å²) in [6.07, 6.45) is 3.26. The first-order valence-electron chi connectivity index (χ1n) is 7.27. The fourth-order valence-corrected chi connectivity index (χ4v) is 1.38. The second kappa shape index (κ2) is 10.7. The number of carbonyl (C=O) groups excluding carboxylic acids is 2. The van der Waals surface area contributed by atoms with Crippen LogP contribution in [0.1, 0.15) is 59.3 Å². The number of ether oxygens (including phenoxy) is 2. The van der Waals surface area contributed by atoms with Crippen molar-refractivity contribution in [3.8, 4) is 0 Å². The fourth-order valence-electron chi connectivity index (χ4n) is 1.38. The van der Waals surface area contributed by atoms with Crippen LogP contribution in [0, 0.1) is 5.41 Å². The van der Waals surface area contributed by atoms with Crippen molar-refractivity contribution in [2.75, 3.05) is 19.8 Å². The maximum Gasteiger partial charge on any atom is 0.305 e. The Hall–Kier alpha value is -1.10. The molecule has 5 heteroatoms. The number of aliphatic hydroxyl groups is 1. The molecule has 0 rings (SSSR count). The Morgan fingerprint density at radius 2 is 1.45 bits per heavy atom. The molecule has 0 aromatic carbocycles. The molecule has 0 bridgehead atoms. The van der Waals surface area contributed by atoms with Gasteiger partial charge in [0, 0.05) is 19.4 Å². The Morgan fingerprint density at radius 3 is 1.95 bits per heavy atom. The number of carbonyl (C=O) groups is 2. The van der Waals surface area contributed by atoms with Gasteiger partial charge in [0.2, 0.25) is 0 Å². The first-order chi connectivity index (χ1) is 9.35. The number of rotatable bonds is 10. The van der Waals surface area contributed by atoms with Gasteiger partial charge in [-0.15, -0.1) is 0 Å². The van der Waals surface area contributed by atoms with Gasteiger partial charge in [0.25, 0.3) is 0 Å². The van der Waals surface area contributed by atoms with E-state index in [0.717, 1.165) is 0 Å². The van der Waals surface area contributed by atoms with Crippen LogP contribution in [0.4, 0.5) is 0 Å². The molecule has 0 unspecified atom stereocenters. The molecule has 0 atom stereocenters. The van der Waals surface area contributed by atoms with Gasteiger partial charge in [0.05, 0.1) is 13.2 Å². The largest absolute Gasteiger partial charge is 0.466 e. The van der Waals surface area contributed by atoms with E-state index in [4.69, 9.17) is 14.6 Å². The van der Waals surface area contributed by atoms with E-state index in [1.807, 2.05) is 20.8 Å². The van der Waals surface area contributed by atoms with Crippen molar-refractivity contribution in [2.45, 2.75) is 59.3 Å². The second-order valence-electron chi connectivity index (χ2n) is 6.08. The summed E-state index contributed by atoms with van der Waals surface area (Å²) >= 11 is 0. The number of hydrogen-bond donors (Lipinski definition) is 1. The predicted octanol–water partition coefficient (Wildman–Crippen LogP) is 2.45. The van der Waals surface area contributed by atoms with Gasteiger partial charge in [-0.3, -0.25) is 9.59 Å². The Morgan fingerprint density at radius 1 is 0.900 bits per heavy atom. The first-order valence-corrected chi connectivity index (χ1v) is 7.27. The SMILES string of the molecule is CC(C)(C)COC(=O)CCCCC(=O)OCCCCO. The van der Waals surface area contributed by atoms with E-state index in [1.165, 1.54) is 0 Å². The summed E-state index contributed by atoms with van der Waals surface area (Å²) in [5.41, 5.74) is -0.0198. The number of aliphatic hydroxyl groups excluding tert-OH is 1. The molecule has 0 aliphatic rings. The molecule has 0 radical (unpaired) electrons. The van der Waals surface area contributed by atoms with Crippen molar-refractivity contribution in [1.29, 1.82) is 0 Å². The molecule has 1 N–H and O–H groups in total. The lowest BCUT2D eigenvalue weighted by atomic mass is 9.99. The van der Waals surface area contributed by atoms with Crippen LogP contribution in [-0.4, -0.2) is 36.9 Å². The van der Waals surface area contributed by atoms with Crippen LogP contribution >= 0.6 is 0 Å². The van der Waals surface area contributed by atoms with Crippen molar-refractivity contribution in [3.63, 3.8) is 0 Å². The highest BCUT2D eigenvalue weighted by Gasteiger charge is 2.13. The van der Waals surface area contributed by atoms with E-state index in [-0.39, 0.29) is 24.0 Å². The molecule has 0 aromatic heterocycles. The Balaban J connectivity index is 3.46. The maximum atomic E-state index is 11.4. The van der Waals surface area contributed by atoms with E-state index < -0.39 is 0 Å². The number of unbranched alkanes of at least 4 members (excludes halogenated alkanes) is 2. The molecule has 20 heavy (non-hydrogen) atoms. The van der Waals surface area contributed by atoms with Crippen molar-refractivity contribution in [2.24, 2.45) is 5.41 Å². The lowest BCUT2D eigenvalue weighted by Gasteiger charge is -2.17. The average Bonchev–Trinajstić information content (AvgIpc) is 2.36. The van der Waals surface area contributed by atoms with Crippen molar-refractivity contribution >= 4 is 11.9 Å². The van der Waals surface area contributed by atoms with Gasteiger partial charge in [-0.2, -0.15) is 0 Å². The molecule has 0 saturated carbocycles. The maximum absolute atomic E-state index is 11.4. The summed E-state index contributed by atoms with van der Waals surface area (Å²) in [5, 5.41) is 8.57. The van der Waals surface area contributed by atoms with E-state index in [0.29, 0.717) is 51.7 Å². The average molecular weight is 288 g/mol. The topological polar surface area (TPSA) is 72.8 Å². The van der Waals surface area contributed by atoms with Crippen LogP contribution in [0.2, 0.25) is 0 Å². The van der Waals surface area contributed by atoms with Crippen molar-refractivity contribution in [1.82, 2.24) is 0 Å². The number of hydrogen-bond acceptors (Lipinski definition) is 5. The van der Waals surface area contributed by atoms with Gasteiger partial charge in [0.1, 0.15) is 0 Å². The molecule has 0 aliphatic carbocycles. The minimum atomic E-state index is -0.244. The lowest BCUT2D eigenvalue weighted by molar-refractivity contribution is -0.147. The van der Waals surface area contributed by atoms with E-state index >= 15 is 0 Å². The van der Waals surface area contributed by atoms with E-state index in [9.17, 15) is 9.59 Å². The Bertz CT molecular complexity index is 280. The highest BCUT2D eigenvalue weighted by Crippen LogP contribution is 2.13. The molecule has 118 valence electrons. The van der Waals surface area contributed by atoms with Gasteiger partial charge in [-0.1, -0.05) is 20.8 Å². The molecule has 0 saturated heterocycles. The summed E-state index contributed by atoms with van der Waals surface area (Å²) in [6.45, 7) is 6.91. The van der Waals surface area contributed by atoms with Crippen LogP contribution in [0.5, 0.6) is 0 Å². The van der Waals surface area contributed by atoms with Crippen molar-refractivity contribution in [3.05, 3.63) is 0 Å². The molecule has 0 amide bonds. The monoisotopic (exact) mass is 288 g/mol. The van der Waals surface area contributed by atoms with Crippen LogP contribution in [0.25, 0.3) is 0 Å². The third kappa shape index (κ3) is 13.3. The zero-order valence-electron chi connectivity index (χ0n) is 12.9. The van der Waals surface area contributed by atoms with Gasteiger partial charge in [-0.05, 0) is 31.1 Å². The van der Waals surface area contributed by atoms with Crippen LogP contribution in [0.3, 0.4) is 0 Å². The normalized spacial score (nSPS) is 11.2. The van der Waals surface area contributed by atoms with Gasteiger partial charge < -0.3 is 14.6 Å². The quantitative estimate of drug-likeness (QED) is 0.494. The summed E-state index contributed by atoms with van der Waals surface area (Å²) < 4.78 is 10.1. The van der Waals surface area contributed by atoms with Crippen LogP contribution in [-0.2, 0) is 19.1 Å². The third-order valence-corrected chi connectivity index (χ3v) is 2.49. The zero-order valence-corrected chi connectivity index (χ0v) is 12.9. The minimum Gasteiger partial charge on any atom is -0.466 e. The highest BCUT2D eigenvalue weighted by atomic mass is 16.5. The summed E-state index contributed by atoms with van der Waals surface area (Å²) in [6, 6.07) is 0. The number of esters is 2.